The fourth-order valence-corrected chi connectivity index (χ4v) is 2.86. The third-order valence-corrected chi connectivity index (χ3v) is 4.35. The molecule has 1 aliphatic rings. The highest BCUT2D eigenvalue weighted by Gasteiger charge is 2.21. The molecule has 98 valence electrons. The molecule has 5 heteroatoms. The Morgan fingerprint density at radius 2 is 2.33 bits per heavy atom. The third-order valence-electron chi connectivity index (χ3n) is 2.77. The van der Waals surface area contributed by atoms with Crippen LogP contribution < -0.4 is 5.32 Å². The SMILES string of the molecule is COC(=O)CSc1c(Cl)cccc1CNC1CC1. The van der Waals surface area contributed by atoms with Crippen molar-refractivity contribution in [2.45, 2.75) is 30.3 Å². The van der Waals surface area contributed by atoms with Gasteiger partial charge in [0.2, 0.25) is 0 Å². The second-order valence-electron chi connectivity index (χ2n) is 4.25. The lowest BCUT2D eigenvalue weighted by atomic mass is 10.2. The van der Waals surface area contributed by atoms with E-state index >= 15 is 0 Å². The van der Waals surface area contributed by atoms with Crippen molar-refractivity contribution in [3.63, 3.8) is 0 Å². The topological polar surface area (TPSA) is 38.3 Å². The van der Waals surface area contributed by atoms with Crippen LogP contribution in [-0.2, 0) is 16.1 Å². The van der Waals surface area contributed by atoms with Gasteiger partial charge < -0.3 is 10.1 Å². The highest BCUT2D eigenvalue weighted by Crippen LogP contribution is 2.31. The number of thioether (sulfide) groups is 1. The van der Waals surface area contributed by atoms with E-state index in [-0.39, 0.29) is 11.7 Å². The Labute approximate surface area is 116 Å². The summed E-state index contributed by atoms with van der Waals surface area (Å²) in [5.41, 5.74) is 1.14. The monoisotopic (exact) mass is 285 g/mol. The van der Waals surface area contributed by atoms with E-state index in [1.54, 1.807) is 0 Å². The molecule has 18 heavy (non-hydrogen) atoms. The molecule has 0 aromatic heterocycles. The summed E-state index contributed by atoms with van der Waals surface area (Å²) in [5, 5.41) is 4.15. The van der Waals surface area contributed by atoms with E-state index in [2.05, 4.69) is 10.1 Å². The van der Waals surface area contributed by atoms with E-state index in [4.69, 9.17) is 11.6 Å². The molecule has 0 amide bonds. The maximum atomic E-state index is 11.2. The van der Waals surface area contributed by atoms with Crippen LogP contribution in [0.5, 0.6) is 0 Å². The number of benzene rings is 1. The molecule has 1 aliphatic carbocycles. The van der Waals surface area contributed by atoms with Crippen LogP contribution in [0.2, 0.25) is 5.02 Å². The quantitative estimate of drug-likeness (QED) is 0.644. The Morgan fingerprint density at radius 3 is 3.00 bits per heavy atom. The summed E-state index contributed by atoms with van der Waals surface area (Å²) in [7, 11) is 1.39. The predicted octanol–water partition coefficient (Wildman–Crippen LogP) is 2.86. The lowest BCUT2D eigenvalue weighted by Crippen LogP contribution is -2.16. The van der Waals surface area contributed by atoms with Gasteiger partial charge in [-0.3, -0.25) is 4.79 Å². The number of esters is 1. The van der Waals surface area contributed by atoms with Crippen molar-refractivity contribution in [2.75, 3.05) is 12.9 Å². The van der Waals surface area contributed by atoms with Crippen LogP contribution in [-0.4, -0.2) is 24.9 Å². The number of halogens is 1. The lowest BCUT2D eigenvalue weighted by Gasteiger charge is -2.11. The fourth-order valence-electron chi connectivity index (χ4n) is 1.59. The number of nitrogens with one attached hydrogen (secondary N) is 1. The van der Waals surface area contributed by atoms with E-state index in [1.807, 2.05) is 18.2 Å². The number of hydrogen-bond donors (Lipinski definition) is 1. The molecule has 0 saturated heterocycles. The Balaban J connectivity index is 2.02. The minimum absolute atomic E-state index is 0.235. The van der Waals surface area contributed by atoms with Crippen molar-refractivity contribution in [3.05, 3.63) is 28.8 Å². The standard InChI is InChI=1S/C13H16ClNO2S/c1-17-12(16)8-18-13-9(3-2-4-11(13)14)7-15-10-5-6-10/h2-4,10,15H,5-8H2,1H3. The van der Waals surface area contributed by atoms with Crippen molar-refractivity contribution in [3.8, 4) is 0 Å². The summed E-state index contributed by atoms with van der Waals surface area (Å²) in [6.07, 6.45) is 2.51. The first-order chi connectivity index (χ1) is 8.70. The maximum absolute atomic E-state index is 11.2. The van der Waals surface area contributed by atoms with Gasteiger partial charge in [-0.15, -0.1) is 11.8 Å². The highest BCUT2D eigenvalue weighted by molar-refractivity contribution is 8.00. The Morgan fingerprint density at radius 1 is 1.56 bits per heavy atom. The zero-order valence-electron chi connectivity index (χ0n) is 10.2. The Hall–Kier alpha value is -0.710. The van der Waals surface area contributed by atoms with E-state index in [0.717, 1.165) is 17.0 Å². The molecule has 1 aromatic rings. The summed E-state index contributed by atoms with van der Waals surface area (Å²) in [6, 6.07) is 6.49. The fraction of sp³-hybridized carbons (Fsp3) is 0.462. The first-order valence-electron chi connectivity index (χ1n) is 5.91. The Bertz CT molecular complexity index is 435. The molecule has 0 radical (unpaired) electrons. The number of hydrogen-bond acceptors (Lipinski definition) is 4. The van der Waals surface area contributed by atoms with Gasteiger partial charge in [0.1, 0.15) is 0 Å². The molecule has 0 unspecified atom stereocenters. The molecule has 1 saturated carbocycles. The second kappa shape index (κ2) is 6.45. The van der Waals surface area contributed by atoms with E-state index in [9.17, 15) is 4.79 Å². The summed E-state index contributed by atoms with van der Waals surface area (Å²) < 4.78 is 4.64. The molecular formula is C13H16ClNO2S. The van der Waals surface area contributed by atoms with Gasteiger partial charge >= 0.3 is 5.97 Å². The molecule has 0 heterocycles. The molecule has 3 nitrogen and oxygen atoms in total. The minimum Gasteiger partial charge on any atom is -0.468 e. The molecule has 2 rings (SSSR count). The Kier molecular flexibility index (Phi) is 4.92. The number of carbonyl (C=O) groups is 1. The maximum Gasteiger partial charge on any atom is 0.315 e. The van der Waals surface area contributed by atoms with E-state index < -0.39 is 0 Å². The van der Waals surface area contributed by atoms with Crippen molar-refractivity contribution >= 4 is 29.3 Å². The van der Waals surface area contributed by atoms with Gasteiger partial charge in [0, 0.05) is 17.5 Å². The van der Waals surface area contributed by atoms with Crippen LogP contribution >= 0.6 is 23.4 Å². The van der Waals surface area contributed by atoms with Crippen LogP contribution in [0.3, 0.4) is 0 Å². The largest absolute Gasteiger partial charge is 0.468 e. The van der Waals surface area contributed by atoms with Crippen molar-refractivity contribution < 1.29 is 9.53 Å². The molecule has 0 bridgehead atoms. The van der Waals surface area contributed by atoms with E-state index in [0.29, 0.717) is 11.1 Å². The molecule has 1 fully saturated rings. The zero-order chi connectivity index (χ0) is 13.0. The predicted molar refractivity (Wildman–Crippen MR) is 74.1 cm³/mol. The summed E-state index contributed by atoms with van der Waals surface area (Å²) >= 11 is 7.62. The van der Waals surface area contributed by atoms with Gasteiger partial charge in [-0.2, -0.15) is 0 Å². The van der Waals surface area contributed by atoms with E-state index in [1.165, 1.54) is 31.7 Å². The minimum atomic E-state index is -0.235. The summed E-state index contributed by atoms with van der Waals surface area (Å²) in [6.45, 7) is 0.800. The van der Waals surface area contributed by atoms with Crippen LogP contribution in [0.4, 0.5) is 0 Å². The molecule has 1 N–H and O–H groups in total. The molecular weight excluding hydrogens is 270 g/mol. The molecule has 0 atom stereocenters. The average molecular weight is 286 g/mol. The average Bonchev–Trinajstić information content (AvgIpc) is 3.18. The first kappa shape index (κ1) is 13.7. The number of rotatable bonds is 6. The third kappa shape index (κ3) is 3.90. The smallest absolute Gasteiger partial charge is 0.315 e. The second-order valence-corrected chi connectivity index (χ2v) is 5.64. The van der Waals surface area contributed by atoms with Crippen LogP contribution in [0.15, 0.2) is 23.1 Å². The number of carbonyl (C=O) groups excluding carboxylic acids is 1. The highest BCUT2D eigenvalue weighted by atomic mass is 35.5. The molecule has 0 spiro atoms. The van der Waals surface area contributed by atoms with Crippen molar-refractivity contribution in [1.29, 1.82) is 0 Å². The van der Waals surface area contributed by atoms with Gasteiger partial charge in [-0.1, -0.05) is 23.7 Å². The van der Waals surface area contributed by atoms with Gasteiger partial charge in [0.25, 0.3) is 0 Å². The van der Waals surface area contributed by atoms with Gasteiger partial charge in [0.15, 0.2) is 0 Å². The van der Waals surface area contributed by atoms with Crippen LogP contribution in [0.1, 0.15) is 18.4 Å². The van der Waals surface area contributed by atoms with Gasteiger partial charge in [0.05, 0.1) is 17.9 Å². The number of ether oxygens (including phenoxy) is 1. The zero-order valence-corrected chi connectivity index (χ0v) is 11.8. The van der Waals surface area contributed by atoms with Crippen LogP contribution in [0, 0.1) is 0 Å². The van der Waals surface area contributed by atoms with Gasteiger partial charge in [-0.25, -0.2) is 0 Å². The lowest BCUT2D eigenvalue weighted by molar-refractivity contribution is -0.137. The molecule has 0 aliphatic heterocycles. The van der Waals surface area contributed by atoms with Gasteiger partial charge in [-0.05, 0) is 24.5 Å². The number of methoxy groups -OCH3 is 1. The molecule has 1 aromatic carbocycles. The van der Waals surface area contributed by atoms with Crippen LogP contribution in [0.25, 0.3) is 0 Å². The summed E-state index contributed by atoms with van der Waals surface area (Å²) in [4.78, 5) is 12.2. The van der Waals surface area contributed by atoms with Crippen molar-refractivity contribution in [1.82, 2.24) is 5.32 Å². The normalized spacial score (nSPS) is 14.6. The summed E-state index contributed by atoms with van der Waals surface area (Å²) in [5.74, 6) is 0.0532. The first-order valence-corrected chi connectivity index (χ1v) is 7.27. The van der Waals surface area contributed by atoms with Crippen molar-refractivity contribution in [2.24, 2.45) is 0 Å².